The lowest BCUT2D eigenvalue weighted by Crippen LogP contribution is -2.36. The van der Waals surface area contributed by atoms with E-state index >= 15 is 0 Å². The Hall–Kier alpha value is -2.24. The van der Waals surface area contributed by atoms with Crippen molar-refractivity contribution in [3.05, 3.63) is 29.3 Å². The van der Waals surface area contributed by atoms with E-state index < -0.39 is 0 Å². The van der Waals surface area contributed by atoms with Crippen LogP contribution in [0.1, 0.15) is 56.6 Å². The Morgan fingerprint density at radius 2 is 1.96 bits per heavy atom. The summed E-state index contributed by atoms with van der Waals surface area (Å²) in [6, 6.07) is 5.30. The number of phenolic OH excluding ortho intramolecular Hbond substituents is 1. The van der Waals surface area contributed by atoms with Crippen LogP contribution in [0.2, 0.25) is 0 Å². The SMILES string of the molecule is CC[C@H]1CC[C@@H](OC(=O)N2CC[C@@H](C(=O)NCc3ccc(O)c(C)c3)C2)CC1. The molecule has 28 heavy (non-hydrogen) atoms. The molecule has 2 aliphatic rings. The zero-order chi connectivity index (χ0) is 20.1. The van der Waals surface area contributed by atoms with Crippen LogP contribution in [0.4, 0.5) is 4.79 Å². The maximum absolute atomic E-state index is 12.5. The van der Waals surface area contributed by atoms with E-state index in [1.165, 1.54) is 6.42 Å². The number of aromatic hydroxyl groups is 1. The van der Waals surface area contributed by atoms with Gasteiger partial charge in [-0.2, -0.15) is 0 Å². The number of ether oxygens (including phenoxy) is 1. The third-order valence-corrected chi connectivity index (χ3v) is 6.18. The maximum Gasteiger partial charge on any atom is 0.410 e. The van der Waals surface area contributed by atoms with Crippen molar-refractivity contribution in [2.75, 3.05) is 13.1 Å². The van der Waals surface area contributed by atoms with Crippen molar-refractivity contribution >= 4 is 12.0 Å². The number of aryl methyl sites for hydroxylation is 1. The Kier molecular flexibility index (Phi) is 6.81. The number of benzene rings is 1. The summed E-state index contributed by atoms with van der Waals surface area (Å²) in [7, 11) is 0. The molecule has 1 aromatic carbocycles. The molecule has 6 heteroatoms. The summed E-state index contributed by atoms with van der Waals surface area (Å²) in [5.41, 5.74) is 1.73. The van der Waals surface area contributed by atoms with Gasteiger partial charge in [0.15, 0.2) is 0 Å². The molecule has 0 radical (unpaired) electrons. The Morgan fingerprint density at radius 3 is 2.64 bits per heavy atom. The molecule has 2 amide bonds. The summed E-state index contributed by atoms with van der Waals surface area (Å²) in [6.45, 7) is 5.45. The molecule has 1 saturated carbocycles. The minimum absolute atomic E-state index is 0.0286. The number of hydrogen-bond acceptors (Lipinski definition) is 4. The van der Waals surface area contributed by atoms with Gasteiger partial charge in [-0.15, -0.1) is 0 Å². The Bertz CT molecular complexity index is 698. The van der Waals surface area contributed by atoms with Gasteiger partial charge >= 0.3 is 6.09 Å². The minimum Gasteiger partial charge on any atom is -0.508 e. The van der Waals surface area contributed by atoms with Crippen molar-refractivity contribution in [2.45, 2.75) is 65.0 Å². The fraction of sp³-hybridized carbons (Fsp3) is 0.636. The third kappa shape index (κ3) is 5.18. The van der Waals surface area contributed by atoms with Crippen molar-refractivity contribution in [2.24, 2.45) is 11.8 Å². The fourth-order valence-corrected chi connectivity index (χ4v) is 4.18. The molecule has 0 spiro atoms. The molecule has 2 fully saturated rings. The molecular weight excluding hydrogens is 356 g/mol. The molecule has 1 aromatic rings. The molecule has 1 aliphatic carbocycles. The lowest BCUT2D eigenvalue weighted by Gasteiger charge is -2.29. The summed E-state index contributed by atoms with van der Waals surface area (Å²) < 4.78 is 5.68. The molecule has 0 bridgehead atoms. The van der Waals surface area contributed by atoms with Gasteiger partial charge in [0.1, 0.15) is 11.9 Å². The minimum atomic E-state index is -0.274. The molecule has 0 aromatic heterocycles. The van der Waals surface area contributed by atoms with Crippen LogP contribution in [0, 0.1) is 18.8 Å². The standard InChI is InChI=1S/C22H32N2O4/c1-3-16-4-7-19(8-5-16)28-22(27)24-11-10-18(14-24)21(26)23-13-17-6-9-20(25)15(2)12-17/h6,9,12,16,18-19,25H,3-5,7-8,10-11,13-14H2,1-2H3,(H,23,26)/t16-,18-,19+/m1/s1. The molecule has 2 N–H and O–H groups in total. The van der Waals surface area contributed by atoms with Crippen LogP contribution in [0.25, 0.3) is 0 Å². The highest BCUT2D eigenvalue weighted by Crippen LogP contribution is 2.29. The number of likely N-dealkylation sites (tertiary alicyclic amines) is 1. The van der Waals surface area contributed by atoms with Crippen molar-refractivity contribution in [1.29, 1.82) is 0 Å². The van der Waals surface area contributed by atoms with Crippen LogP contribution in [0.5, 0.6) is 5.75 Å². The molecule has 1 atom stereocenters. The highest BCUT2D eigenvalue weighted by Gasteiger charge is 2.33. The number of hydrogen-bond donors (Lipinski definition) is 2. The van der Waals surface area contributed by atoms with E-state index in [-0.39, 0.29) is 29.8 Å². The van der Waals surface area contributed by atoms with Crippen LogP contribution in [0.15, 0.2) is 18.2 Å². The highest BCUT2D eigenvalue weighted by atomic mass is 16.6. The predicted molar refractivity (Wildman–Crippen MR) is 107 cm³/mol. The summed E-state index contributed by atoms with van der Waals surface area (Å²) >= 11 is 0. The number of phenols is 1. The van der Waals surface area contributed by atoms with E-state index in [4.69, 9.17) is 4.74 Å². The monoisotopic (exact) mass is 388 g/mol. The van der Waals surface area contributed by atoms with Gasteiger partial charge in [-0.1, -0.05) is 25.5 Å². The average molecular weight is 389 g/mol. The first kappa shape index (κ1) is 20.5. The molecule has 1 saturated heterocycles. The number of amides is 2. The van der Waals surface area contributed by atoms with Crippen LogP contribution < -0.4 is 5.32 Å². The number of carbonyl (C=O) groups is 2. The molecule has 6 nitrogen and oxygen atoms in total. The topological polar surface area (TPSA) is 78.9 Å². The molecule has 1 aliphatic heterocycles. The zero-order valence-corrected chi connectivity index (χ0v) is 16.9. The molecule has 3 rings (SSSR count). The largest absolute Gasteiger partial charge is 0.508 e. The van der Waals surface area contributed by atoms with Gasteiger partial charge < -0.3 is 20.1 Å². The molecular formula is C22H32N2O4. The van der Waals surface area contributed by atoms with E-state index in [9.17, 15) is 14.7 Å². The smallest absolute Gasteiger partial charge is 0.410 e. The fourth-order valence-electron chi connectivity index (χ4n) is 4.18. The van der Waals surface area contributed by atoms with Gasteiger partial charge in [0.05, 0.1) is 5.92 Å². The lowest BCUT2D eigenvalue weighted by molar-refractivity contribution is -0.124. The normalized spacial score (nSPS) is 24.8. The first-order chi connectivity index (χ1) is 13.5. The maximum atomic E-state index is 12.5. The van der Waals surface area contributed by atoms with Gasteiger partial charge in [-0.05, 0) is 62.1 Å². The van der Waals surface area contributed by atoms with Crippen molar-refractivity contribution < 1.29 is 19.4 Å². The highest BCUT2D eigenvalue weighted by molar-refractivity contribution is 5.80. The van der Waals surface area contributed by atoms with Crippen molar-refractivity contribution in [1.82, 2.24) is 10.2 Å². The Labute approximate surface area is 167 Å². The second-order valence-electron chi connectivity index (χ2n) is 8.20. The predicted octanol–water partition coefficient (Wildman–Crippen LogP) is 3.74. The molecule has 0 unspecified atom stereocenters. The summed E-state index contributed by atoms with van der Waals surface area (Å²) in [5, 5.41) is 12.5. The van der Waals surface area contributed by atoms with Crippen LogP contribution in [0.3, 0.4) is 0 Å². The first-order valence-corrected chi connectivity index (χ1v) is 10.5. The second kappa shape index (κ2) is 9.30. The summed E-state index contributed by atoms with van der Waals surface area (Å²) in [6.07, 6.45) is 5.80. The second-order valence-corrected chi connectivity index (χ2v) is 8.20. The van der Waals surface area contributed by atoms with E-state index in [1.807, 2.05) is 13.0 Å². The van der Waals surface area contributed by atoms with E-state index in [0.717, 1.165) is 42.7 Å². The quantitative estimate of drug-likeness (QED) is 0.805. The van der Waals surface area contributed by atoms with Gasteiger partial charge in [0.2, 0.25) is 5.91 Å². The Morgan fingerprint density at radius 1 is 1.21 bits per heavy atom. The van der Waals surface area contributed by atoms with Crippen molar-refractivity contribution in [3.8, 4) is 5.75 Å². The third-order valence-electron chi connectivity index (χ3n) is 6.18. The first-order valence-electron chi connectivity index (χ1n) is 10.5. The number of nitrogens with one attached hydrogen (secondary N) is 1. The Balaban J connectivity index is 1.42. The van der Waals surface area contributed by atoms with Crippen molar-refractivity contribution in [3.63, 3.8) is 0 Å². The molecule has 154 valence electrons. The van der Waals surface area contributed by atoms with Crippen LogP contribution >= 0.6 is 0 Å². The number of rotatable bonds is 5. The number of nitrogens with zero attached hydrogens (tertiary/aromatic N) is 1. The van der Waals surface area contributed by atoms with Gasteiger partial charge in [0.25, 0.3) is 0 Å². The van der Waals surface area contributed by atoms with Crippen LogP contribution in [-0.2, 0) is 16.1 Å². The van der Waals surface area contributed by atoms with Gasteiger partial charge in [0, 0.05) is 19.6 Å². The van der Waals surface area contributed by atoms with Gasteiger partial charge in [-0.25, -0.2) is 4.79 Å². The van der Waals surface area contributed by atoms with E-state index in [2.05, 4.69) is 12.2 Å². The summed E-state index contributed by atoms with van der Waals surface area (Å²) in [4.78, 5) is 26.6. The van der Waals surface area contributed by atoms with E-state index in [1.54, 1.807) is 17.0 Å². The van der Waals surface area contributed by atoms with E-state index in [0.29, 0.717) is 26.1 Å². The van der Waals surface area contributed by atoms with Crippen LogP contribution in [-0.4, -0.2) is 41.2 Å². The molecule has 1 heterocycles. The zero-order valence-electron chi connectivity index (χ0n) is 16.9. The lowest BCUT2D eigenvalue weighted by atomic mass is 9.86. The average Bonchev–Trinajstić information content (AvgIpc) is 3.20. The summed E-state index contributed by atoms with van der Waals surface area (Å²) in [5.74, 6) is 0.793. The number of carbonyl (C=O) groups excluding carboxylic acids is 2. The van der Waals surface area contributed by atoms with Gasteiger partial charge in [-0.3, -0.25) is 4.79 Å².